The number of ether oxygens (including phenoxy) is 1. The topological polar surface area (TPSA) is 21.3 Å². The fraction of sp³-hybridized carbons (Fsp3) is 0.625. The number of methoxy groups -OCH3 is 1. The van der Waals surface area contributed by atoms with Crippen LogP contribution in [0.2, 0.25) is 0 Å². The van der Waals surface area contributed by atoms with E-state index in [1.807, 2.05) is 13.1 Å². The zero-order valence-electron chi connectivity index (χ0n) is 12.3. The highest BCUT2D eigenvalue weighted by Gasteiger charge is 2.52. The van der Waals surface area contributed by atoms with Crippen molar-refractivity contribution < 1.29 is 9.13 Å². The molecule has 2 rings (SSSR count). The number of nitrogens with one attached hydrogen (secondary N) is 1. The first-order valence-electron chi connectivity index (χ1n) is 7.13. The zero-order valence-corrected chi connectivity index (χ0v) is 12.3. The van der Waals surface area contributed by atoms with Gasteiger partial charge >= 0.3 is 0 Å². The minimum absolute atomic E-state index is 0.256. The molecule has 19 heavy (non-hydrogen) atoms. The molecule has 1 N–H and O–H groups in total. The largest absolute Gasteiger partial charge is 0.494 e. The van der Waals surface area contributed by atoms with E-state index in [9.17, 15) is 4.39 Å². The quantitative estimate of drug-likeness (QED) is 0.876. The van der Waals surface area contributed by atoms with Gasteiger partial charge in [0.25, 0.3) is 0 Å². The molecule has 0 amide bonds. The van der Waals surface area contributed by atoms with Gasteiger partial charge in [-0.2, -0.15) is 0 Å². The molecule has 1 aromatic rings. The van der Waals surface area contributed by atoms with E-state index in [0.717, 1.165) is 24.8 Å². The first-order chi connectivity index (χ1) is 9.12. The summed E-state index contributed by atoms with van der Waals surface area (Å²) in [6, 6.07) is 5.94. The molecule has 1 aliphatic rings. The van der Waals surface area contributed by atoms with Crippen LogP contribution in [0.4, 0.5) is 4.39 Å². The van der Waals surface area contributed by atoms with Crippen LogP contribution in [0.3, 0.4) is 0 Å². The molecule has 1 aliphatic carbocycles. The Hall–Kier alpha value is -1.09. The molecule has 0 spiro atoms. The Labute approximate surface area is 115 Å². The molecular formula is C16H24FNO. The van der Waals surface area contributed by atoms with Crippen LogP contribution >= 0.6 is 0 Å². The Morgan fingerprint density at radius 3 is 2.53 bits per heavy atom. The number of hydrogen-bond acceptors (Lipinski definition) is 2. The molecule has 2 unspecified atom stereocenters. The molecule has 1 saturated carbocycles. The van der Waals surface area contributed by atoms with Crippen molar-refractivity contribution >= 4 is 0 Å². The second-order valence-corrected chi connectivity index (χ2v) is 5.46. The highest BCUT2D eigenvalue weighted by Crippen LogP contribution is 2.57. The fourth-order valence-corrected chi connectivity index (χ4v) is 3.80. The summed E-state index contributed by atoms with van der Waals surface area (Å²) in [5.41, 5.74) is 1.36. The summed E-state index contributed by atoms with van der Waals surface area (Å²) in [6.07, 6.45) is 3.32. The van der Waals surface area contributed by atoms with Crippen molar-refractivity contribution in [2.75, 3.05) is 14.2 Å². The Morgan fingerprint density at radius 2 is 2.05 bits per heavy atom. The molecule has 3 heteroatoms. The average molecular weight is 265 g/mol. The maximum atomic E-state index is 13.9. The van der Waals surface area contributed by atoms with Crippen LogP contribution in [-0.4, -0.2) is 20.2 Å². The number of halogens is 1. The van der Waals surface area contributed by atoms with Gasteiger partial charge < -0.3 is 10.1 Å². The maximum Gasteiger partial charge on any atom is 0.165 e. The van der Waals surface area contributed by atoms with E-state index < -0.39 is 0 Å². The summed E-state index contributed by atoms with van der Waals surface area (Å²) in [6.45, 7) is 4.47. The molecule has 2 atom stereocenters. The Balaban J connectivity index is 2.30. The summed E-state index contributed by atoms with van der Waals surface area (Å²) >= 11 is 0. The van der Waals surface area contributed by atoms with Crippen LogP contribution in [0.15, 0.2) is 18.2 Å². The first-order valence-corrected chi connectivity index (χ1v) is 7.13. The van der Waals surface area contributed by atoms with Crippen molar-refractivity contribution in [2.45, 2.75) is 45.1 Å². The van der Waals surface area contributed by atoms with Crippen molar-refractivity contribution in [1.29, 1.82) is 0 Å². The van der Waals surface area contributed by atoms with Crippen LogP contribution in [0, 0.1) is 11.2 Å². The van der Waals surface area contributed by atoms with E-state index in [1.165, 1.54) is 7.11 Å². The van der Waals surface area contributed by atoms with Gasteiger partial charge in [-0.1, -0.05) is 19.9 Å². The Kier molecular flexibility index (Phi) is 4.14. The predicted molar refractivity (Wildman–Crippen MR) is 76.2 cm³/mol. The van der Waals surface area contributed by atoms with Gasteiger partial charge in [-0.05, 0) is 55.3 Å². The highest BCUT2D eigenvalue weighted by molar-refractivity contribution is 5.35. The third-order valence-corrected chi connectivity index (χ3v) is 5.10. The minimum atomic E-state index is -0.256. The lowest BCUT2D eigenvalue weighted by atomic mass is 9.52. The van der Waals surface area contributed by atoms with E-state index in [0.29, 0.717) is 17.7 Å². The zero-order chi connectivity index (χ0) is 14.0. The summed E-state index contributed by atoms with van der Waals surface area (Å²) in [7, 11) is 3.52. The van der Waals surface area contributed by atoms with Crippen molar-refractivity contribution in [2.24, 2.45) is 5.41 Å². The van der Waals surface area contributed by atoms with Gasteiger partial charge in [-0.15, -0.1) is 0 Å². The van der Waals surface area contributed by atoms with Gasteiger partial charge in [0.15, 0.2) is 11.6 Å². The fourth-order valence-electron chi connectivity index (χ4n) is 3.80. The van der Waals surface area contributed by atoms with Gasteiger partial charge in [0.05, 0.1) is 7.11 Å². The summed E-state index contributed by atoms with van der Waals surface area (Å²) < 4.78 is 18.9. The van der Waals surface area contributed by atoms with Crippen LogP contribution in [0.1, 0.15) is 44.6 Å². The third-order valence-electron chi connectivity index (χ3n) is 5.10. The minimum Gasteiger partial charge on any atom is -0.494 e. The molecule has 0 aliphatic heterocycles. The van der Waals surface area contributed by atoms with Gasteiger partial charge in [0.1, 0.15) is 0 Å². The Bertz CT molecular complexity index is 442. The summed E-state index contributed by atoms with van der Waals surface area (Å²) in [4.78, 5) is 0. The average Bonchev–Trinajstić information content (AvgIpc) is 2.40. The first kappa shape index (κ1) is 14.3. The van der Waals surface area contributed by atoms with E-state index in [1.54, 1.807) is 12.1 Å². The van der Waals surface area contributed by atoms with E-state index in [4.69, 9.17) is 4.74 Å². The molecule has 0 bridgehead atoms. The highest BCUT2D eigenvalue weighted by atomic mass is 19.1. The lowest BCUT2D eigenvalue weighted by molar-refractivity contribution is 0.0244. The number of benzene rings is 1. The van der Waals surface area contributed by atoms with Crippen molar-refractivity contribution in [3.8, 4) is 5.75 Å². The van der Waals surface area contributed by atoms with E-state index >= 15 is 0 Å². The van der Waals surface area contributed by atoms with Crippen LogP contribution in [-0.2, 0) is 0 Å². The van der Waals surface area contributed by atoms with Crippen LogP contribution < -0.4 is 10.1 Å². The third kappa shape index (κ3) is 2.14. The van der Waals surface area contributed by atoms with Gasteiger partial charge in [-0.3, -0.25) is 0 Å². The molecule has 0 saturated heterocycles. The normalized spacial score (nSPS) is 24.9. The SMILES string of the molecule is CCC1(CC)C(NC)CC1c1ccc(OC)c(F)c1. The van der Waals surface area contributed by atoms with Crippen LogP contribution in [0.25, 0.3) is 0 Å². The van der Waals surface area contributed by atoms with Gasteiger partial charge in [0.2, 0.25) is 0 Å². The second-order valence-electron chi connectivity index (χ2n) is 5.46. The van der Waals surface area contributed by atoms with Crippen molar-refractivity contribution in [3.63, 3.8) is 0 Å². The van der Waals surface area contributed by atoms with Crippen molar-refractivity contribution in [3.05, 3.63) is 29.6 Å². The molecular weight excluding hydrogens is 241 g/mol. The smallest absolute Gasteiger partial charge is 0.165 e. The number of rotatable bonds is 5. The number of hydrogen-bond donors (Lipinski definition) is 1. The van der Waals surface area contributed by atoms with Gasteiger partial charge in [0, 0.05) is 6.04 Å². The molecule has 0 heterocycles. The van der Waals surface area contributed by atoms with E-state index in [-0.39, 0.29) is 11.2 Å². The standard InChI is InChI=1S/C16H24FNO/c1-5-16(6-2)12(10-15(16)18-3)11-7-8-14(19-4)13(17)9-11/h7-9,12,15,18H,5-6,10H2,1-4H3. The molecule has 0 radical (unpaired) electrons. The van der Waals surface area contributed by atoms with Crippen molar-refractivity contribution in [1.82, 2.24) is 5.32 Å². The maximum absolute atomic E-state index is 13.9. The Morgan fingerprint density at radius 1 is 1.37 bits per heavy atom. The molecule has 106 valence electrons. The predicted octanol–water partition coefficient (Wildman–Crippen LogP) is 3.72. The molecule has 0 aromatic heterocycles. The second kappa shape index (κ2) is 5.49. The molecule has 2 nitrogen and oxygen atoms in total. The molecule has 1 aromatic carbocycles. The van der Waals surface area contributed by atoms with Gasteiger partial charge in [-0.25, -0.2) is 4.39 Å². The summed E-state index contributed by atoms with van der Waals surface area (Å²) in [5, 5.41) is 3.41. The summed E-state index contributed by atoms with van der Waals surface area (Å²) in [5.74, 6) is 0.515. The van der Waals surface area contributed by atoms with Crippen LogP contribution in [0.5, 0.6) is 5.75 Å². The lowest BCUT2D eigenvalue weighted by Gasteiger charge is -2.56. The lowest BCUT2D eigenvalue weighted by Crippen LogP contribution is -2.57. The monoisotopic (exact) mass is 265 g/mol. The molecule has 1 fully saturated rings. The van der Waals surface area contributed by atoms with E-state index in [2.05, 4.69) is 19.2 Å².